The van der Waals surface area contributed by atoms with Gasteiger partial charge in [-0.15, -0.1) is 0 Å². The molecule has 0 saturated carbocycles. The normalized spacial score (nSPS) is 12.5. The zero-order valence-corrected chi connectivity index (χ0v) is 9.14. The van der Waals surface area contributed by atoms with E-state index in [4.69, 9.17) is 4.74 Å². The maximum Gasteiger partial charge on any atom is 0.308 e. The molecule has 78 valence electrons. The zero-order valence-electron chi connectivity index (χ0n) is 9.14. The predicted octanol–water partition coefficient (Wildman–Crippen LogP) is 3.16. The average Bonchev–Trinajstić information content (AvgIpc) is 2.13. The molecule has 13 heavy (non-hydrogen) atoms. The quantitative estimate of drug-likeness (QED) is 0.451. The molecule has 0 aliphatic heterocycles. The van der Waals surface area contributed by atoms with Gasteiger partial charge >= 0.3 is 5.97 Å². The fourth-order valence-electron chi connectivity index (χ4n) is 1.39. The third-order valence-corrected chi connectivity index (χ3v) is 2.27. The highest BCUT2D eigenvalue weighted by atomic mass is 16.5. The average molecular weight is 186 g/mol. The number of ether oxygens (including phenoxy) is 1. The summed E-state index contributed by atoms with van der Waals surface area (Å²) >= 11 is 0. The van der Waals surface area contributed by atoms with Crippen LogP contribution in [-0.2, 0) is 9.53 Å². The Morgan fingerprint density at radius 1 is 1.23 bits per heavy atom. The van der Waals surface area contributed by atoms with Crippen molar-refractivity contribution in [3.63, 3.8) is 0 Å². The Morgan fingerprint density at radius 2 is 1.92 bits per heavy atom. The van der Waals surface area contributed by atoms with E-state index >= 15 is 0 Å². The van der Waals surface area contributed by atoms with E-state index in [0.717, 1.165) is 19.3 Å². The van der Waals surface area contributed by atoms with Crippen LogP contribution >= 0.6 is 0 Å². The van der Waals surface area contributed by atoms with E-state index in [1.807, 2.05) is 13.8 Å². The topological polar surface area (TPSA) is 26.3 Å². The summed E-state index contributed by atoms with van der Waals surface area (Å²) in [5, 5.41) is 0. The van der Waals surface area contributed by atoms with E-state index in [1.165, 1.54) is 12.8 Å². The van der Waals surface area contributed by atoms with Crippen molar-refractivity contribution < 1.29 is 9.53 Å². The minimum atomic E-state index is -0.0129. The van der Waals surface area contributed by atoms with Gasteiger partial charge in [0.15, 0.2) is 0 Å². The molecule has 0 amide bonds. The summed E-state index contributed by atoms with van der Waals surface area (Å²) in [6.07, 6.45) is 5.47. The fraction of sp³-hybridized carbons (Fsp3) is 0.909. The lowest BCUT2D eigenvalue weighted by Crippen LogP contribution is -2.16. The third kappa shape index (κ3) is 5.67. The molecule has 0 fully saturated rings. The summed E-state index contributed by atoms with van der Waals surface area (Å²) in [5.74, 6) is 0.118. The van der Waals surface area contributed by atoms with E-state index in [9.17, 15) is 4.79 Å². The Hall–Kier alpha value is -0.530. The first-order valence-electron chi connectivity index (χ1n) is 5.42. The van der Waals surface area contributed by atoms with Gasteiger partial charge in [0.2, 0.25) is 0 Å². The first-order valence-corrected chi connectivity index (χ1v) is 5.42. The van der Waals surface area contributed by atoms with E-state index in [0.29, 0.717) is 6.61 Å². The van der Waals surface area contributed by atoms with Crippen molar-refractivity contribution in [2.24, 2.45) is 5.92 Å². The second-order valence-corrected chi connectivity index (χ2v) is 3.35. The van der Waals surface area contributed by atoms with Crippen molar-refractivity contribution in [3.8, 4) is 0 Å². The zero-order chi connectivity index (χ0) is 10.1. The van der Waals surface area contributed by atoms with Crippen LogP contribution in [0.4, 0.5) is 0 Å². The van der Waals surface area contributed by atoms with Gasteiger partial charge in [0.1, 0.15) is 0 Å². The third-order valence-electron chi connectivity index (χ3n) is 2.27. The monoisotopic (exact) mass is 186 g/mol. The van der Waals surface area contributed by atoms with Crippen molar-refractivity contribution in [2.45, 2.75) is 52.9 Å². The summed E-state index contributed by atoms with van der Waals surface area (Å²) in [4.78, 5) is 11.3. The number of unbranched alkanes of at least 4 members (excludes halogenated alkanes) is 2. The standard InChI is InChI=1S/C11H22O2/c1-4-7-8-9-10(5-2)11(12)13-6-3/h10H,4-9H2,1-3H3. The maximum atomic E-state index is 11.3. The highest BCUT2D eigenvalue weighted by Crippen LogP contribution is 2.14. The van der Waals surface area contributed by atoms with E-state index in [-0.39, 0.29) is 11.9 Å². The van der Waals surface area contributed by atoms with Crippen LogP contribution < -0.4 is 0 Å². The molecule has 0 aliphatic rings. The number of rotatable bonds is 7. The second-order valence-electron chi connectivity index (χ2n) is 3.35. The van der Waals surface area contributed by atoms with E-state index < -0.39 is 0 Å². The van der Waals surface area contributed by atoms with Crippen molar-refractivity contribution in [1.82, 2.24) is 0 Å². The lowest BCUT2D eigenvalue weighted by molar-refractivity contribution is -0.148. The van der Waals surface area contributed by atoms with Gasteiger partial charge in [-0.2, -0.15) is 0 Å². The molecule has 1 atom stereocenters. The Kier molecular flexibility index (Phi) is 7.76. The second kappa shape index (κ2) is 8.09. The highest BCUT2D eigenvalue weighted by Gasteiger charge is 2.16. The molecular formula is C11H22O2. The van der Waals surface area contributed by atoms with Crippen LogP contribution in [-0.4, -0.2) is 12.6 Å². The lowest BCUT2D eigenvalue weighted by Gasteiger charge is -2.12. The molecule has 0 aliphatic carbocycles. The number of carbonyl (C=O) groups excluding carboxylic acids is 1. The van der Waals surface area contributed by atoms with Crippen LogP contribution in [0.1, 0.15) is 52.9 Å². The first kappa shape index (κ1) is 12.5. The molecule has 0 radical (unpaired) electrons. The lowest BCUT2D eigenvalue weighted by atomic mass is 9.99. The van der Waals surface area contributed by atoms with E-state index in [2.05, 4.69) is 6.92 Å². The van der Waals surface area contributed by atoms with Crippen LogP contribution in [0, 0.1) is 5.92 Å². The molecule has 0 rings (SSSR count). The van der Waals surface area contributed by atoms with Crippen molar-refractivity contribution in [3.05, 3.63) is 0 Å². The Bertz CT molecular complexity index is 132. The van der Waals surface area contributed by atoms with Gasteiger partial charge in [0.05, 0.1) is 12.5 Å². The summed E-state index contributed by atoms with van der Waals surface area (Å²) in [7, 11) is 0. The summed E-state index contributed by atoms with van der Waals surface area (Å²) < 4.78 is 4.99. The van der Waals surface area contributed by atoms with Gasteiger partial charge in [-0.25, -0.2) is 0 Å². The smallest absolute Gasteiger partial charge is 0.308 e. The molecule has 0 bridgehead atoms. The molecule has 0 aromatic heterocycles. The summed E-state index contributed by atoms with van der Waals surface area (Å²) in [5.41, 5.74) is 0. The summed E-state index contributed by atoms with van der Waals surface area (Å²) in [6.45, 7) is 6.58. The van der Waals surface area contributed by atoms with Gasteiger partial charge in [0, 0.05) is 0 Å². The molecule has 0 aromatic carbocycles. The molecule has 0 heterocycles. The molecular weight excluding hydrogens is 164 g/mol. The number of esters is 1. The predicted molar refractivity (Wildman–Crippen MR) is 54.6 cm³/mol. The van der Waals surface area contributed by atoms with E-state index in [1.54, 1.807) is 0 Å². The minimum absolute atomic E-state index is 0.0129. The minimum Gasteiger partial charge on any atom is -0.466 e. The van der Waals surface area contributed by atoms with Crippen LogP contribution in [0.2, 0.25) is 0 Å². The van der Waals surface area contributed by atoms with Crippen LogP contribution in [0.5, 0.6) is 0 Å². The van der Waals surface area contributed by atoms with Crippen molar-refractivity contribution >= 4 is 5.97 Å². The molecule has 0 N–H and O–H groups in total. The molecule has 1 unspecified atom stereocenters. The van der Waals surface area contributed by atoms with Gasteiger partial charge in [-0.1, -0.05) is 33.1 Å². The van der Waals surface area contributed by atoms with Crippen molar-refractivity contribution in [1.29, 1.82) is 0 Å². The molecule has 0 aromatic rings. The van der Waals surface area contributed by atoms with Gasteiger partial charge in [-0.3, -0.25) is 4.79 Å². The van der Waals surface area contributed by atoms with Gasteiger partial charge < -0.3 is 4.74 Å². The Balaban J connectivity index is 3.67. The number of hydrogen-bond acceptors (Lipinski definition) is 2. The summed E-state index contributed by atoms with van der Waals surface area (Å²) in [6, 6.07) is 0. The maximum absolute atomic E-state index is 11.3. The number of hydrogen-bond donors (Lipinski definition) is 0. The molecule has 0 spiro atoms. The first-order chi connectivity index (χ1) is 6.26. The largest absolute Gasteiger partial charge is 0.466 e. The fourth-order valence-corrected chi connectivity index (χ4v) is 1.39. The van der Waals surface area contributed by atoms with Crippen molar-refractivity contribution in [2.75, 3.05) is 6.61 Å². The Labute approximate surface area is 81.7 Å². The Morgan fingerprint density at radius 3 is 2.38 bits per heavy atom. The number of carbonyl (C=O) groups is 1. The van der Waals surface area contributed by atoms with Gasteiger partial charge in [0.25, 0.3) is 0 Å². The molecule has 2 heteroatoms. The van der Waals surface area contributed by atoms with Crippen LogP contribution in [0.15, 0.2) is 0 Å². The van der Waals surface area contributed by atoms with Crippen LogP contribution in [0.3, 0.4) is 0 Å². The van der Waals surface area contributed by atoms with Gasteiger partial charge in [-0.05, 0) is 19.8 Å². The van der Waals surface area contributed by atoms with Crippen LogP contribution in [0.25, 0.3) is 0 Å². The molecule has 0 saturated heterocycles. The SMILES string of the molecule is CCCCCC(CC)C(=O)OCC. The highest BCUT2D eigenvalue weighted by molar-refractivity contribution is 5.72. The molecule has 2 nitrogen and oxygen atoms in total.